The van der Waals surface area contributed by atoms with Gasteiger partial charge in [0, 0.05) is 12.6 Å². The summed E-state index contributed by atoms with van der Waals surface area (Å²) in [5.74, 6) is 0. The molecule has 0 unspecified atom stereocenters. The predicted molar refractivity (Wildman–Crippen MR) is 77.6 cm³/mol. The third kappa shape index (κ3) is 2.90. The van der Waals surface area contributed by atoms with Gasteiger partial charge in [-0.25, -0.2) is 4.98 Å². The van der Waals surface area contributed by atoms with Gasteiger partial charge in [-0.2, -0.15) is 5.10 Å². The lowest BCUT2D eigenvalue weighted by Gasteiger charge is -2.07. The second-order valence-corrected chi connectivity index (χ2v) is 5.23. The van der Waals surface area contributed by atoms with Crippen molar-refractivity contribution in [1.29, 1.82) is 0 Å². The van der Waals surface area contributed by atoms with E-state index in [2.05, 4.69) is 26.0 Å². The lowest BCUT2D eigenvalue weighted by Crippen LogP contribution is -2.21. The molecular weight excluding hydrogens is 332 g/mol. The smallest absolute Gasteiger partial charge is 0.255 e. The van der Waals surface area contributed by atoms with Crippen molar-refractivity contribution >= 4 is 27.5 Å². The highest BCUT2D eigenvalue weighted by atomic mass is 79.9. The molecule has 0 bridgehead atoms. The molecule has 19 heavy (non-hydrogen) atoms. The minimum absolute atomic E-state index is 0.172. The fraction of sp³-hybridized carbons (Fsp3) is 0.417. The van der Waals surface area contributed by atoms with Gasteiger partial charge < -0.3 is 0 Å². The normalized spacial score (nSPS) is 10.9. The van der Waals surface area contributed by atoms with Crippen LogP contribution in [0.3, 0.4) is 0 Å². The molecule has 0 saturated heterocycles. The largest absolute Gasteiger partial charge is 0.293 e. The molecule has 0 N–H and O–H groups in total. The van der Waals surface area contributed by atoms with Crippen LogP contribution in [0.2, 0.25) is 5.15 Å². The van der Waals surface area contributed by atoms with Crippen LogP contribution in [0, 0.1) is 0 Å². The van der Waals surface area contributed by atoms with Crippen LogP contribution in [0.1, 0.15) is 25.2 Å². The van der Waals surface area contributed by atoms with Crippen molar-refractivity contribution in [2.24, 2.45) is 0 Å². The van der Waals surface area contributed by atoms with Gasteiger partial charge in [-0.3, -0.25) is 14.0 Å². The van der Waals surface area contributed by atoms with Gasteiger partial charge in [0.25, 0.3) is 5.56 Å². The summed E-state index contributed by atoms with van der Waals surface area (Å²) in [4.78, 5) is 15.8. The molecule has 2 rings (SSSR count). The summed E-state index contributed by atoms with van der Waals surface area (Å²) in [6.45, 7) is 5.24. The van der Waals surface area contributed by atoms with Gasteiger partial charge in [0.1, 0.15) is 5.15 Å². The average Bonchev–Trinajstić information content (AvgIpc) is 2.69. The van der Waals surface area contributed by atoms with E-state index in [0.717, 1.165) is 28.8 Å². The van der Waals surface area contributed by atoms with Crippen LogP contribution >= 0.6 is 27.5 Å². The summed E-state index contributed by atoms with van der Waals surface area (Å²) in [7, 11) is 0. The van der Waals surface area contributed by atoms with E-state index in [0.29, 0.717) is 6.54 Å². The number of halogens is 2. The maximum Gasteiger partial charge on any atom is 0.255 e. The van der Waals surface area contributed by atoms with Crippen LogP contribution in [-0.4, -0.2) is 19.3 Å². The fourth-order valence-corrected chi connectivity index (χ4v) is 2.68. The summed E-state index contributed by atoms with van der Waals surface area (Å²) in [6, 6.07) is 1.31. The van der Waals surface area contributed by atoms with E-state index in [4.69, 9.17) is 11.6 Å². The molecule has 2 aromatic heterocycles. The summed E-state index contributed by atoms with van der Waals surface area (Å²) in [6.07, 6.45) is 2.30. The number of hydrogen-bond donors (Lipinski definition) is 0. The van der Waals surface area contributed by atoms with Gasteiger partial charge in [0.15, 0.2) is 0 Å². The Hall–Kier alpha value is -1.14. The quantitative estimate of drug-likeness (QED) is 0.800. The van der Waals surface area contributed by atoms with Crippen LogP contribution in [0.5, 0.6) is 0 Å². The molecule has 0 radical (unpaired) electrons. The lowest BCUT2D eigenvalue weighted by atomic mass is 10.3. The van der Waals surface area contributed by atoms with E-state index < -0.39 is 0 Å². The zero-order valence-corrected chi connectivity index (χ0v) is 13.1. The Morgan fingerprint density at radius 3 is 2.74 bits per heavy atom. The van der Waals surface area contributed by atoms with Gasteiger partial charge in [0.2, 0.25) is 0 Å². The summed E-state index contributed by atoms with van der Waals surface area (Å²) in [5, 5.41) is 4.71. The molecule has 0 atom stereocenters. The molecule has 0 amide bonds. The van der Waals surface area contributed by atoms with Crippen LogP contribution in [0.25, 0.3) is 0 Å². The Morgan fingerprint density at radius 1 is 1.42 bits per heavy atom. The maximum absolute atomic E-state index is 11.8. The molecule has 0 aliphatic heterocycles. The molecule has 2 aromatic rings. The Bertz CT molecular complexity index is 650. The van der Waals surface area contributed by atoms with Gasteiger partial charge in [-0.15, -0.1) is 0 Å². The Morgan fingerprint density at radius 2 is 2.16 bits per heavy atom. The van der Waals surface area contributed by atoms with Crippen molar-refractivity contribution in [3.05, 3.63) is 43.8 Å². The standard InChI is InChI=1S/C12H14BrClN4O/c1-3-8-12(13)9(18(4-2)16-8)6-17-7-15-10(14)5-11(17)19/h5,7H,3-4,6H2,1-2H3. The fourth-order valence-electron chi connectivity index (χ4n) is 1.85. The molecule has 7 heteroatoms. The predicted octanol–water partition coefficient (Wildman–Crippen LogP) is 2.49. The molecule has 0 spiro atoms. The zero-order chi connectivity index (χ0) is 14.0. The van der Waals surface area contributed by atoms with Gasteiger partial charge in [-0.05, 0) is 29.3 Å². The molecular formula is C12H14BrClN4O. The third-order valence-electron chi connectivity index (χ3n) is 2.86. The number of aryl methyl sites for hydroxylation is 2. The summed E-state index contributed by atoms with van der Waals surface area (Å²) in [5.41, 5.74) is 1.78. The first-order valence-corrected chi connectivity index (χ1v) is 7.20. The first-order valence-electron chi connectivity index (χ1n) is 6.02. The zero-order valence-electron chi connectivity index (χ0n) is 10.7. The molecule has 0 aromatic carbocycles. The van der Waals surface area contributed by atoms with E-state index in [9.17, 15) is 4.79 Å². The molecule has 2 heterocycles. The van der Waals surface area contributed by atoms with Crippen molar-refractivity contribution in [2.45, 2.75) is 33.4 Å². The maximum atomic E-state index is 11.8. The van der Waals surface area contributed by atoms with Crippen LogP contribution in [-0.2, 0) is 19.5 Å². The van der Waals surface area contributed by atoms with E-state index in [-0.39, 0.29) is 10.7 Å². The van der Waals surface area contributed by atoms with Crippen LogP contribution in [0.4, 0.5) is 0 Å². The highest BCUT2D eigenvalue weighted by molar-refractivity contribution is 9.10. The van der Waals surface area contributed by atoms with Gasteiger partial charge >= 0.3 is 0 Å². The lowest BCUT2D eigenvalue weighted by molar-refractivity contribution is 0.585. The third-order valence-corrected chi connectivity index (χ3v) is 3.98. The topological polar surface area (TPSA) is 52.7 Å². The summed E-state index contributed by atoms with van der Waals surface area (Å²) < 4.78 is 4.36. The molecule has 0 fully saturated rings. The first-order chi connectivity index (χ1) is 9.06. The Labute approximate surface area is 124 Å². The van der Waals surface area contributed by atoms with Crippen molar-refractivity contribution in [1.82, 2.24) is 19.3 Å². The molecule has 0 aliphatic carbocycles. The monoisotopic (exact) mass is 344 g/mol. The van der Waals surface area contributed by atoms with Gasteiger partial charge in [0.05, 0.1) is 28.7 Å². The molecule has 5 nitrogen and oxygen atoms in total. The SMILES string of the molecule is CCc1nn(CC)c(Cn2cnc(Cl)cc2=O)c1Br. The Balaban J connectivity index is 2.42. The number of rotatable bonds is 4. The van der Waals surface area contributed by atoms with Crippen molar-refractivity contribution in [3.63, 3.8) is 0 Å². The molecule has 0 saturated carbocycles. The number of nitrogens with zero attached hydrogens (tertiary/aromatic N) is 4. The van der Waals surface area contributed by atoms with E-state index in [1.165, 1.54) is 17.0 Å². The van der Waals surface area contributed by atoms with Gasteiger partial charge in [-0.1, -0.05) is 18.5 Å². The number of aromatic nitrogens is 4. The molecule has 102 valence electrons. The highest BCUT2D eigenvalue weighted by Crippen LogP contribution is 2.22. The van der Waals surface area contributed by atoms with E-state index >= 15 is 0 Å². The highest BCUT2D eigenvalue weighted by Gasteiger charge is 2.14. The van der Waals surface area contributed by atoms with Crippen LogP contribution < -0.4 is 5.56 Å². The Kier molecular flexibility index (Phi) is 4.42. The summed E-state index contributed by atoms with van der Waals surface area (Å²) >= 11 is 9.24. The van der Waals surface area contributed by atoms with Crippen LogP contribution in [0.15, 0.2) is 21.7 Å². The minimum Gasteiger partial charge on any atom is -0.293 e. The number of hydrogen-bond acceptors (Lipinski definition) is 3. The van der Waals surface area contributed by atoms with E-state index in [1.54, 1.807) is 0 Å². The second-order valence-electron chi connectivity index (χ2n) is 4.05. The van der Waals surface area contributed by atoms with Crippen molar-refractivity contribution in [3.8, 4) is 0 Å². The first kappa shape index (κ1) is 14.3. The molecule has 0 aliphatic rings. The average molecular weight is 346 g/mol. The van der Waals surface area contributed by atoms with E-state index in [1.807, 2.05) is 18.5 Å². The minimum atomic E-state index is -0.172. The second kappa shape index (κ2) is 5.88. The van der Waals surface area contributed by atoms with Crippen molar-refractivity contribution in [2.75, 3.05) is 0 Å². The van der Waals surface area contributed by atoms with Crippen molar-refractivity contribution < 1.29 is 0 Å².